The fraction of sp³-hybridized carbons (Fsp3) is 0.278. The Kier molecular flexibility index (Phi) is 7.71. The third-order valence-electron chi connectivity index (χ3n) is 3.26. The minimum atomic E-state index is 0.0717. The second-order valence-electron chi connectivity index (χ2n) is 4.82. The van der Waals surface area contributed by atoms with Gasteiger partial charge in [0.05, 0.1) is 11.9 Å². The van der Waals surface area contributed by atoms with E-state index in [1.807, 2.05) is 7.05 Å². The molecule has 0 saturated heterocycles. The van der Waals surface area contributed by atoms with Crippen LogP contribution in [0.4, 0.5) is 0 Å². The van der Waals surface area contributed by atoms with Gasteiger partial charge in [0.2, 0.25) is 0 Å². The highest BCUT2D eigenvalue weighted by Crippen LogP contribution is 2.23. The first kappa shape index (κ1) is 18.3. The zero-order valence-corrected chi connectivity index (χ0v) is 14.3. The van der Waals surface area contributed by atoms with Gasteiger partial charge in [0.15, 0.2) is 0 Å². The molecule has 1 aliphatic heterocycles. The van der Waals surface area contributed by atoms with E-state index in [0.717, 1.165) is 23.5 Å². The standard InChI is InChI=1S/C14H19N3S.C4H6/c1-4-10-7-11(13-16-8-9(2)17-13)5-6-12(10)14(18)15-3;1-3-4-2/h5-7,14-15,18H,2,4,8H2,1,3H3,(H,16,17);3-4H,1-2H2. The molecule has 0 fully saturated rings. The topological polar surface area (TPSA) is 36.4 Å². The van der Waals surface area contributed by atoms with E-state index in [9.17, 15) is 0 Å². The van der Waals surface area contributed by atoms with Gasteiger partial charge in [-0.05, 0) is 30.7 Å². The van der Waals surface area contributed by atoms with Gasteiger partial charge < -0.3 is 10.6 Å². The molecule has 0 radical (unpaired) electrons. The molecule has 0 aliphatic carbocycles. The molecule has 0 bridgehead atoms. The van der Waals surface area contributed by atoms with Crippen molar-refractivity contribution in [1.82, 2.24) is 10.6 Å². The van der Waals surface area contributed by atoms with Gasteiger partial charge >= 0.3 is 0 Å². The molecular formula is C18H25N3S. The summed E-state index contributed by atoms with van der Waals surface area (Å²) in [5.41, 5.74) is 4.59. The van der Waals surface area contributed by atoms with Gasteiger partial charge in [-0.2, -0.15) is 12.6 Å². The van der Waals surface area contributed by atoms with Crippen LogP contribution in [-0.2, 0) is 6.42 Å². The van der Waals surface area contributed by atoms with Crippen molar-refractivity contribution in [3.8, 4) is 0 Å². The molecule has 1 atom stereocenters. The lowest BCUT2D eigenvalue weighted by molar-refractivity contribution is 0.789. The van der Waals surface area contributed by atoms with E-state index >= 15 is 0 Å². The van der Waals surface area contributed by atoms with Crippen LogP contribution in [0.25, 0.3) is 0 Å². The second-order valence-corrected chi connectivity index (χ2v) is 5.34. The molecule has 0 aromatic heterocycles. The Morgan fingerprint density at radius 3 is 2.55 bits per heavy atom. The third-order valence-corrected chi connectivity index (χ3v) is 3.79. The Morgan fingerprint density at radius 2 is 2.09 bits per heavy atom. The fourth-order valence-electron chi connectivity index (χ4n) is 2.07. The zero-order valence-electron chi connectivity index (χ0n) is 13.4. The monoisotopic (exact) mass is 315 g/mol. The van der Waals surface area contributed by atoms with Gasteiger partial charge in [-0.3, -0.25) is 4.99 Å². The predicted molar refractivity (Wildman–Crippen MR) is 101 cm³/mol. The molecule has 4 heteroatoms. The number of hydrogen-bond donors (Lipinski definition) is 3. The van der Waals surface area contributed by atoms with E-state index in [4.69, 9.17) is 0 Å². The molecule has 3 nitrogen and oxygen atoms in total. The number of aliphatic imine (C=N–C) groups is 1. The molecular weight excluding hydrogens is 290 g/mol. The summed E-state index contributed by atoms with van der Waals surface area (Å²) in [6, 6.07) is 6.38. The van der Waals surface area contributed by atoms with Crippen molar-refractivity contribution in [1.29, 1.82) is 0 Å². The first-order valence-corrected chi connectivity index (χ1v) is 7.80. The minimum Gasteiger partial charge on any atom is -0.342 e. The summed E-state index contributed by atoms with van der Waals surface area (Å²) in [4.78, 5) is 4.43. The van der Waals surface area contributed by atoms with Crippen molar-refractivity contribution in [3.63, 3.8) is 0 Å². The van der Waals surface area contributed by atoms with Gasteiger partial charge in [-0.1, -0.05) is 50.9 Å². The summed E-state index contributed by atoms with van der Waals surface area (Å²) in [5.74, 6) is 0.918. The lowest BCUT2D eigenvalue weighted by atomic mass is 10.0. The SMILES string of the molecule is C=C1CN=C(c2ccc(C(S)NC)c(CC)c2)N1.C=CC=C. The quantitative estimate of drug-likeness (QED) is 0.441. The molecule has 0 spiro atoms. The molecule has 1 unspecified atom stereocenters. The average molecular weight is 315 g/mol. The van der Waals surface area contributed by atoms with Crippen LogP contribution in [0, 0.1) is 0 Å². The number of thiol groups is 1. The summed E-state index contributed by atoms with van der Waals surface area (Å²) < 4.78 is 0. The summed E-state index contributed by atoms with van der Waals surface area (Å²) in [6.07, 6.45) is 4.26. The second kappa shape index (κ2) is 9.28. The van der Waals surface area contributed by atoms with Crippen LogP contribution in [0.5, 0.6) is 0 Å². The van der Waals surface area contributed by atoms with Gasteiger partial charge in [0.25, 0.3) is 0 Å². The number of nitrogens with zero attached hydrogens (tertiary/aromatic N) is 1. The van der Waals surface area contributed by atoms with Gasteiger partial charge in [0, 0.05) is 11.3 Å². The Labute approximate surface area is 139 Å². The number of allylic oxidation sites excluding steroid dienone is 2. The maximum Gasteiger partial charge on any atom is 0.132 e. The molecule has 1 aromatic rings. The molecule has 2 N–H and O–H groups in total. The van der Waals surface area contributed by atoms with Crippen molar-refractivity contribution in [3.05, 3.63) is 72.5 Å². The summed E-state index contributed by atoms with van der Waals surface area (Å²) in [5, 5.41) is 6.43. The molecule has 118 valence electrons. The van der Waals surface area contributed by atoms with Crippen molar-refractivity contribution in [2.45, 2.75) is 18.7 Å². The number of amidine groups is 1. The Hall–Kier alpha value is -1.78. The van der Waals surface area contributed by atoms with Crippen LogP contribution in [0.2, 0.25) is 0 Å². The van der Waals surface area contributed by atoms with Crippen molar-refractivity contribution in [2.24, 2.45) is 4.99 Å². The van der Waals surface area contributed by atoms with Crippen molar-refractivity contribution >= 4 is 18.5 Å². The number of benzene rings is 1. The lowest BCUT2D eigenvalue weighted by Crippen LogP contribution is -2.18. The van der Waals surface area contributed by atoms with E-state index < -0.39 is 0 Å². The van der Waals surface area contributed by atoms with Crippen molar-refractivity contribution < 1.29 is 0 Å². The van der Waals surface area contributed by atoms with E-state index in [2.05, 4.69) is 73.1 Å². The highest BCUT2D eigenvalue weighted by Gasteiger charge is 2.14. The molecule has 1 heterocycles. The highest BCUT2D eigenvalue weighted by atomic mass is 32.1. The maximum atomic E-state index is 4.53. The first-order valence-electron chi connectivity index (χ1n) is 7.28. The molecule has 22 heavy (non-hydrogen) atoms. The highest BCUT2D eigenvalue weighted by molar-refractivity contribution is 7.80. The molecule has 0 saturated carbocycles. The maximum absolute atomic E-state index is 4.53. The van der Waals surface area contributed by atoms with Crippen LogP contribution in [0.3, 0.4) is 0 Å². The normalized spacial score (nSPS) is 14.3. The predicted octanol–water partition coefficient (Wildman–Crippen LogP) is 3.62. The van der Waals surface area contributed by atoms with E-state index in [0.29, 0.717) is 6.54 Å². The molecule has 1 aliphatic rings. The van der Waals surface area contributed by atoms with E-state index in [-0.39, 0.29) is 5.37 Å². The first-order chi connectivity index (χ1) is 10.6. The van der Waals surface area contributed by atoms with Gasteiger partial charge in [-0.15, -0.1) is 0 Å². The molecule has 2 rings (SSSR count). The molecule has 1 aromatic carbocycles. The van der Waals surface area contributed by atoms with Gasteiger partial charge in [0.1, 0.15) is 5.84 Å². The Morgan fingerprint density at radius 1 is 1.41 bits per heavy atom. The van der Waals surface area contributed by atoms with Crippen LogP contribution in [0.1, 0.15) is 29.0 Å². The Balaban J connectivity index is 0.000000541. The van der Waals surface area contributed by atoms with E-state index in [1.165, 1.54) is 11.1 Å². The number of rotatable bonds is 5. The van der Waals surface area contributed by atoms with Gasteiger partial charge in [-0.25, -0.2) is 0 Å². The Bertz CT molecular complexity index is 570. The van der Waals surface area contributed by atoms with Crippen LogP contribution < -0.4 is 10.6 Å². The zero-order chi connectivity index (χ0) is 16.5. The van der Waals surface area contributed by atoms with Crippen LogP contribution in [-0.4, -0.2) is 19.4 Å². The molecule has 0 amide bonds. The smallest absolute Gasteiger partial charge is 0.132 e. The number of hydrogen-bond acceptors (Lipinski definition) is 4. The van der Waals surface area contributed by atoms with E-state index in [1.54, 1.807) is 12.2 Å². The van der Waals surface area contributed by atoms with Crippen molar-refractivity contribution in [2.75, 3.05) is 13.6 Å². The summed E-state index contributed by atoms with van der Waals surface area (Å²) >= 11 is 4.53. The third kappa shape index (κ3) is 4.90. The number of nitrogens with one attached hydrogen (secondary N) is 2. The van der Waals surface area contributed by atoms with Crippen LogP contribution >= 0.6 is 12.6 Å². The van der Waals surface area contributed by atoms with Crippen LogP contribution in [0.15, 0.2) is 60.8 Å². The fourth-order valence-corrected chi connectivity index (χ4v) is 2.32. The summed E-state index contributed by atoms with van der Waals surface area (Å²) in [7, 11) is 1.91. The number of aryl methyl sites for hydroxylation is 1. The minimum absolute atomic E-state index is 0.0717. The summed E-state index contributed by atoms with van der Waals surface area (Å²) in [6.45, 7) is 13.4. The average Bonchev–Trinajstić information content (AvgIpc) is 3.00. The lowest BCUT2D eigenvalue weighted by Gasteiger charge is -2.16. The largest absolute Gasteiger partial charge is 0.342 e.